The summed E-state index contributed by atoms with van der Waals surface area (Å²) in [5.41, 5.74) is 0.647. The van der Waals surface area contributed by atoms with E-state index in [1.165, 1.54) is 18.4 Å². The number of nitrogens with zero attached hydrogens (tertiary/aromatic N) is 1. The van der Waals surface area contributed by atoms with Crippen LogP contribution in [0.3, 0.4) is 0 Å². The van der Waals surface area contributed by atoms with Gasteiger partial charge in [0, 0.05) is 32.9 Å². The van der Waals surface area contributed by atoms with Gasteiger partial charge in [-0.1, -0.05) is 0 Å². The molecule has 26 heavy (non-hydrogen) atoms. The van der Waals surface area contributed by atoms with Gasteiger partial charge in [0.15, 0.2) is 5.78 Å². The average Bonchev–Trinajstić information content (AvgIpc) is 3.11. The maximum Gasteiger partial charge on any atom is 0.255 e. The largest absolute Gasteiger partial charge is 0.465 e. The molecule has 1 N–H and O–H groups in total. The Labute approximate surface area is 152 Å². The lowest BCUT2D eigenvalue weighted by Crippen LogP contribution is -2.44. The van der Waals surface area contributed by atoms with Gasteiger partial charge >= 0.3 is 0 Å². The number of ketones is 1. The highest BCUT2D eigenvalue weighted by Crippen LogP contribution is 2.30. The number of sulfonamides is 1. The topological polar surface area (TPSA) is 106 Å². The van der Waals surface area contributed by atoms with Crippen LogP contribution in [0.5, 0.6) is 0 Å². The Morgan fingerprint density at radius 3 is 2.69 bits per heavy atom. The van der Waals surface area contributed by atoms with Crippen LogP contribution < -0.4 is 5.32 Å². The Morgan fingerprint density at radius 1 is 1.27 bits per heavy atom. The number of amides is 1. The Hall–Kier alpha value is -1.71. The minimum Gasteiger partial charge on any atom is -0.465 e. The SMILES string of the molecule is Cc1oc2c(c1C(=O)N[C@@H]1COC[C@H]1CS(=O)(=O)N(C)C)C(=O)CCC2. The van der Waals surface area contributed by atoms with Crippen molar-refractivity contribution in [2.75, 3.05) is 33.1 Å². The van der Waals surface area contributed by atoms with E-state index in [-0.39, 0.29) is 36.2 Å². The van der Waals surface area contributed by atoms with Crippen LogP contribution >= 0.6 is 0 Å². The van der Waals surface area contributed by atoms with Gasteiger partial charge in [0.05, 0.1) is 36.1 Å². The van der Waals surface area contributed by atoms with Crippen LogP contribution in [0.4, 0.5) is 0 Å². The lowest BCUT2D eigenvalue weighted by atomic mass is 9.93. The second kappa shape index (κ2) is 7.13. The first kappa shape index (κ1) is 19.1. The van der Waals surface area contributed by atoms with Crippen LogP contribution in [0.15, 0.2) is 4.42 Å². The fraction of sp³-hybridized carbons (Fsp3) is 0.647. The Kier molecular flexibility index (Phi) is 5.23. The number of rotatable bonds is 5. The van der Waals surface area contributed by atoms with Crippen molar-refractivity contribution in [3.8, 4) is 0 Å². The van der Waals surface area contributed by atoms with Gasteiger partial charge < -0.3 is 14.5 Å². The first-order chi connectivity index (χ1) is 12.2. The molecule has 0 unspecified atom stereocenters. The summed E-state index contributed by atoms with van der Waals surface area (Å²) in [6.45, 7) is 2.17. The quantitative estimate of drug-likeness (QED) is 0.803. The molecule has 1 aromatic heterocycles. The lowest BCUT2D eigenvalue weighted by Gasteiger charge is -2.21. The predicted octanol–water partition coefficient (Wildman–Crippen LogP) is 0.743. The number of carbonyl (C=O) groups excluding carboxylic acids is 2. The van der Waals surface area contributed by atoms with Gasteiger partial charge in [-0.15, -0.1) is 0 Å². The molecule has 1 aliphatic carbocycles. The first-order valence-corrected chi connectivity index (χ1v) is 10.3. The summed E-state index contributed by atoms with van der Waals surface area (Å²) in [5.74, 6) is 0.0440. The molecule has 0 spiro atoms. The fourth-order valence-corrected chi connectivity index (χ4v) is 4.63. The summed E-state index contributed by atoms with van der Waals surface area (Å²) in [6, 6.07) is -0.430. The second-order valence-electron chi connectivity index (χ2n) is 7.05. The summed E-state index contributed by atoms with van der Waals surface area (Å²) >= 11 is 0. The second-order valence-corrected chi connectivity index (χ2v) is 9.27. The van der Waals surface area contributed by atoms with E-state index in [1.807, 2.05) is 0 Å². The third kappa shape index (κ3) is 3.56. The molecule has 1 aromatic rings. The molecule has 144 valence electrons. The molecule has 1 saturated heterocycles. The van der Waals surface area contributed by atoms with Crippen LogP contribution in [-0.2, 0) is 21.2 Å². The van der Waals surface area contributed by atoms with Gasteiger partial charge in [-0.3, -0.25) is 9.59 Å². The summed E-state index contributed by atoms with van der Waals surface area (Å²) in [7, 11) is -0.451. The molecule has 2 heterocycles. The molecule has 0 saturated carbocycles. The van der Waals surface area contributed by atoms with E-state index in [1.54, 1.807) is 6.92 Å². The van der Waals surface area contributed by atoms with Crippen LogP contribution in [0.25, 0.3) is 0 Å². The van der Waals surface area contributed by atoms with E-state index in [0.29, 0.717) is 29.9 Å². The molecule has 1 aliphatic heterocycles. The van der Waals surface area contributed by atoms with Crippen molar-refractivity contribution in [1.82, 2.24) is 9.62 Å². The van der Waals surface area contributed by atoms with Crippen molar-refractivity contribution < 1.29 is 27.2 Å². The van der Waals surface area contributed by atoms with E-state index < -0.39 is 22.0 Å². The van der Waals surface area contributed by atoms with Crippen molar-refractivity contribution in [3.63, 3.8) is 0 Å². The highest BCUT2D eigenvalue weighted by Gasteiger charge is 2.36. The van der Waals surface area contributed by atoms with E-state index in [0.717, 1.165) is 6.42 Å². The Bertz CT molecular complexity index is 827. The molecule has 3 rings (SSSR count). The fourth-order valence-electron chi connectivity index (χ4n) is 3.46. The number of furan rings is 1. The molecule has 8 nitrogen and oxygen atoms in total. The minimum absolute atomic E-state index is 0.0809. The van der Waals surface area contributed by atoms with Crippen molar-refractivity contribution in [2.24, 2.45) is 5.92 Å². The zero-order chi connectivity index (χ0) is 19.1. The molecule has 2 atom stereocenters. The van der Waals surface area contributed by atoms with Crippen molar-refractivity contribution in [3.05, 3.63) is 22.6 Å². The molecule has 2 aliphatic rings. The van der Waals surface area contributed by atoms with Gasteiger partial charge in [-0.25, -0.2) is 12.7 Å². The lowest BCUT2D eigenvalue weighted by molar-refractivity contribution is 0.0908. The third-order valence-electron chi connectivity index (χ3n) is 4.97. The van der Waals surface area contributed by atoms with Crippen molar-refractivity contribution >= 4 is 21.7 Å². The van der Waals surface area contributed by atoms with Gasteiger partial charge in [-0.2, -0.15) is 0 Å². The summed E-state index contributed by atoms with van der Waals surface area (Å²) < 4.78 is 36.4. The van der Waals surface area contributed by atoms with Gasteiger partial charge in [-0.05, 0) is 13.3 Å². The molecular formula is C17H24N2O6S. The molecule has 0 radical (unpaired) electrons. The van der Waals surface area contributed by atoms with Crippen LogP contribution in [0, 0.1) is 12.8 Å². The smallest absolute Gasteiger partial charge is 0.255 e. The zero-order valence-electron chi connectivity index (χ0n) is 15.2. The minimum atomic E-state index is -3.41. The Morgan fingerprint density at radius 2 is 2.00 bits per heavy atom. The van der Waals surface area contributed by atoms with Gasteiger partial charge in [0.1, 0.15) is 11.5 Å². The molecule has 1 fully saturated rings. The van der Waals surface area contributed by atoms with Crippen LogP contribution in [0.1, 0.15) is 45.1 Å². The monoisotopic (exact) mass is 384 g/mol. The molecule has 0 bridgehead atoms. The zero-order valence-corrected chi connectivity index (χ0v) is 16.0. The predicted molar refractivity (Wildman–Crippen MR) is 93.8 cm³/mol. The van der Waals surface area contributed by atoms with Gasteiger partial charge in [0.2, 0.25) is 10.0 Å². The summed E-state index contributed by atoms with van der Waals surface area (Å²) in [5, 5.41) is 2.85. The number of hydrogen-bond donors (Lipinski definition) is 1. The highest BCUT2D eigenvalue weighted by molar-refractivity contribution is 7.89. The number of carbonyl (C=O) groups is 2. The number of aryl methyl sites for hydroxylation is 2. The van der Waals surface area contributed by atoms with Crippen molar-refractivity contribution in [1.29, 1.82) is 0 Å². The number of Topliss-reactive ketones (excluding diaryl/α,β-unsaturated/α-hetero) is 1. The van der Waals surface area contributed by atoms with Crippen LogP contribution in [0.2, 0.25) is 0 Å². The number of ether oxygens (including phenoxy) is 1. The summed E-state index contributed by atoms with van der Waals surface area (Å²) in [6.07, 6.45) is 1.77. The van der Waals surface area contributed by atoms with E-state index >= 15 is 0 Å². The van der Waals surface area contributed by atoms with E-state index in [2.05, 4.69) is 5.32 Å². The highest BCUT2D eigenvalue weighted by atomic mass is 32.2. The standard InChI is InChI=1S/C17H24N2O6S/c1-10-15(16-13(20)5-4-6-14(16)25-10)17(21)18-12-8-24-7-11(12)9-26(22,23)19(2)3/h11-12H,4-9H2,1-3H3,(H,18,21)/t11-,12+/m0/s1. The maximum absolute atomic E-state index is 12.8. The third-order valence-corrected chi connectivity index (χ3v) is 6.93. The number of nitrogens with one attached hydrogen (secondary N) is 1. The molecule has 0 aromatic carbocycles. The summed E-state index contributed by atoms with van der Waals surface area (Å²) in [4.78, 5) is 25.0. The van der Waals surface area contributed by atoms with E-state index in [4.69, 9.17) is 9.15 Å². The van der Waals surface area contributed by atoms with Crippen LogP contribution in [-0.4, -0.2) is 63.5 Å². The normalized spacial score (nSPS) is 23.3. The molecule has 9 heteroatoms. The number of fused-ring (bicyclic) bond motifs is 1. The molecular weight excluding hydrogens is 360 g/mol. The molecule has 1 amide bonds. The van der Waals surface area contributed by atoms with E-state index in [9.17, 15) is 18.0 Å². The Balaban J connectivity index is 1.78. The average molecular weight is 384 g/mol. The first-order valence-electron chi connectivity index (χ1n) is 8.65. The van der Waals surface area contributed by atoms with Gasteiger partial charge in [0.25, 0.3) is 5.91 Å². The van der Waals surface area contributed by atoms with Crippen molar-refractivity contribution in [2.45, 2.75) is 32.2 Å². The number of hydrogen-bond acceptors (Lipinski definition) is 6. The maximum atomic E-state index is 12.8.